The minimum absolute atomic E-state index is 0.591. The summed E-state index contributed by atoms with van der Waals surface area (Å²) in [4.78, 5) is 0. The summed E-state index contributed by atoms with van der Waals surface area (Å²) >= 11 is 2.95. The van der Waals surface area contributed by atoms with Crippen LogP contribution in [0.25, 0.3) is 5.69 Å². The highest BCUT2D eigenvalue weighted by Crippen LogP contribution is 2.26. The van der Waals surface area contributed by atoms with Gasteiger partial charge >= 0.3 is 0 Å². The fourth-order valence-electron chi connectivity index (χ4n) is 1.60. The molecule has 9 heteroatoms. The molecule has 0 saturated heterocycles. The van der Waals surface area contributed by atoms with Gasteiger partial charge in [-0.2, -0.15) is 4.68 Å². The summed E-state index contributed by atoms with van der Waals surface area (Å²) in [5.74, 6) is 0.651. The molecule has 0 saturated carbocycles. The Kier molecular flexibility index (Phi) is 4.41. The first-order valence-corrected chi connectivity index (χ1v) is 8.09. The highest BCUT2D eigenvalue weighted by molar-refractivity contribution is 7.98. The molecule has 21 heavy (non-hydrogen) atoms. The lowest BCUT2D eigenvalue weighted by Crippen LogP contribution is -1.98. The van der Waals surface area contributed by atoms with Gasteiger partial charge in [0.25, 0.3) is 5.19 Å². The van der Waals surface area contributed by atoms with Crippen LogP contribution in [0.1, 0.15) is 11.9 Å². The lowest BCUT2D eigenvalue weighted by atomic mass is 10.3. The summed E-state index contributed by atoms with van der Waals surface area (Å²) in [5, 5.41) is 22.0. The van der Waals surface area contributed by atoms with E-state index < -0.39 is 0 Å². The predicted octanol–water partition coefficient (Wildman–Crippen LogP) is 2.20. The summed E-state index contributed by atoms with van der Waals surface area (Å²) in [5.41, 5.74) is 0.928. The standard InChI is InChI=1S/C12H12N6OS2/c1-2-19-12-15-13-10(21-12)8-20-11-14-16-17-18(11)9-6-4-3-5-7-9/h3-7H,2,8H2,1H3. The number of tetrazole rings is 1. The third-order valence-corrected chi connectivity index (χ3v) is 4.43. The van der Waals surface area contributed by atoms with Crippen molar-refractivity contribution in [1.29, 1.82) is 0 Å². The highest BCUT2D eigenvalue weighted by Gasteiger charge is 2.11. The molecule has 0 aliphatic carbocycles. The minimum atomic E-state index is 0.591. The molecular formula is C12H12N6OS2. The molecule has 2 heterocycles. The Labute approximate surface area is 129 Å². The normalized spacial score (nSPS) is 10.7. The topological polar surface area (TPSA) is 78.6 Å². The molecule has 0 N–H and O–H groups in total. The van der Waals surface area contributed by atoms with Crippen LogP contribution in [-0.2, 0) is 5.75 Å². The number of rotatable bonds is 6. The first kappa shape index (κ1) is 14.0. The van der Waals surface area contributed by atoms with Gasteiger partial charge in [-0.3, -0.25) is 0 Å². The lowest BCUT2D eigenvalue weighted by molar-refractivity contribution is 0.335. The third-order valence-electron chi connectivity index (χ3n) is 2.48. The van der Waals surface area contributed by atoms with Gasteiger partial charge < -0.3 is 4.74 Å². The van der Waals surface area contributed by atoms with Gasteiger partial charge in [-0.15, -0.1) is 15.3 Å². The second kappa shape index (κ2) is 6.64. The Morgan fingerprint density at radius 2 is 2.05 bits per heavy atom. The van der Waals surface area contributed by atoms with Crippen molar-refractivity contribution >= 4 is 23.1 Å². The highest BCUT2D eigenvalue weighted by atomic mass is 32.2. The van der Waals surface area contributed by atoms with Crippen LogP contribution in [0.2, 0.25) is 0 Å². The zero-order valence-corrected chi connectivity index (χ0v) is 12.8. The fraction of sp³-hybridized carbons (Fsp3) is 0.250. The van der Waals surface area contributed by atoms with E-state index in [1.165, 1.54) is 23.1 Å². The van der Waals surface area contributed by atoms with Gasteiger partial charge in [0.2, 0.25) is 5.16 Å². The maximum absolute atomic E-state index is 5.31. The van der Waals surface area contributed by atoms with E-state index in [0.717, 1.165) is 10.7 Å². The smallest absolute Gasteiger partial charge is 0.294 e. The summed E-state index contributed by atoms with van der Waals surface area (Å²) in [7, 11) is 0. The number of ether oxygens (including phenoxy) is 1. The van der Waals surface area contributed by atoms with Crippen LogP contribution >= 0.6 is 23.1 Å². The molecule has 7 nitrogen and oxygen atoms in total. The molecule has 0 bridgehead atoms. The summed E-state index contributed by atoms with van der Waals surface area (Å²) < 4.78 is 7.01. The quantitative estimate of drug-likeness (QED) is 0.644. The second-order valence-electron chi connectivity index (χ2n) is 3.89. The summed E-state index contributed by atoms with van der Waals surface area (Å²) in [6, 6.07) is 9.77. The largest absolute Gasteiger partial charge is 0.469 e. The van der Waals surface area contributed by atoms with Gasteiger partial charge in [-0.05, 0) is 29.5 Å². The zero-order chi connectivity index (χ0) is 14.5. The Bertz CT molecular complexity index is 699. The fourth-order valence-corrected chi connectivity index (χ4v) is 3.23. The molecule has 1 aromatic carbocycles. The monoisotopic (exact) mass is 320 g/mol. The Hall–Kier alpha value is -2.00. The molecule has 108 valence electrons. The molecule has 0 aliphatic heterocycles. The van der Waals surface area contributed by atoms with Crippen LogP contribution < -0.4 is 4.74 Å². The predicted molar refractivity (Wildman–Crippen MR) is 79.8 cm³/mol. The number of aromatic nitrogens is 6. The van der Waals surface area contributed by atoms with Crippen molar-refractivity contribution < 1.29 is 4.74 Å². The molecule has 0 unspecified atom stereocenters. The van der Waals surface area contributed by atoms with E-state index >= 15 is 0 Å². The number of nitrogens with zero attached hydrogens (tertiary/aromatic N) is 6. The van der Waals surface area contributed by atoms with E-state index in [4.69, 9.17) is 4.74 Å². The van der Waals surface area contributed by atoms with E-state index in [1.54, 1.807) is 4.68 Å². The van der Waals surface area contributed by atoms with E-state index in [1.807, 2.05) is 37.3 Å². The first-order chi connectivity index (χ1) is 10.4. The Morgan fingerprint density at radius 1 is 1.19 bits per heavy atom. The molecule has 0 spiro atoms. The SMILES string of the molecule is CCOc1nnc(CSc2nnnn2-c2ccccc2)s1. The Balaban J connectivity index is 1.70. The zero-order valence-electron chi connectivity index (χ0n) is 11.2. The van der Waals surface area contributed by atoms with Crippen LogP contribution in [0, 0.1) is 0 Å². The molecule has 3 rings (SSSR count). The van der Waals surface area contributed by atoms with E-state index in [2.05, 4.69) is 25.7 Å². The van der Waals surface area contributed by atoms with Gasteiger partial charge in [0, 0.05) is 0 Å². The average molecular weight is 320 g/mol. The van der Waals surface area contributed by atoms with Gasteiger partial charge in [-0.25, -0.2) is 0 Å². The number of hydrogen-bond donors (Lipinski definition) is 0. The Morgan fingerprint density at radius 3 is 2.86 bits per heavy atom. The summed E-state index contributed by atoms with van der Waals surface area (Å²) in [6.45, 7) is 2.51. The number of thioether (sulfide) groups is 1. The lowest BCUT2D eigenvalue weighted by Gasteiger charge is -2.02. The summed E-state index contributed by atoms with van der Waals surface area (Å²) in [6.07, 6.45) is 0. The van der Waals surface area contributed by atoms with Crippen molar-refractivity contribution in [3.63, 3.8) is 0 Å². The van der Waals surface area contributed by atoms with Gasteiger partial charge in [0.15, 0.2) is 0 Å². The van der Waals surface area contributed by atoms with Gasteiger partial charge in [-0.1, -0.05) is 41.3 Å². The first-order valence-electron chi connectivity index (χ1n) is 6.28. The number of benzene rings is 1. The maximum atomic E-state index is 5.31. The van der Waals surface area contributed by atoms with Crippen molar-refractivity contribution in [1.82, 2.24) is 30.4 Å². The molecular weight excluding hydrogens is 308 g/mol. The van der Waals surface area contributed by atoms with Crippen molar-refractivity contribution in [2.75, 3.05) is 6.61 Å². The molecule has 0 fully saturated rings. The van der Waals surface area contributed by atoms with Crippen LogP contribution in [0.4, 0.5) is 0 Å². The van der Waals surface area contributed by atoms with Crippen molar-refractivity contribution in [3.05, 3.63) is 35.3 Å². The van der Waals surface area contributed by atoms with E-state index in [-0.39, 0.29) is 0 Å². The minimum Gasteiger partial charge on any atom is -0.469 e. The van der Waals surface area contributed by atoms with Crippen molar-refractivity contribution in [3.8, 4) is 10.9 Å². The molecule has 0 radical (unpaired) electrons. The molecule has 3 aromatic rings. The molecule has 0 atom stereocenters. The molecule has 2 aromatic heterocycles. The van der Waals surface area contributed by atoms with Crippen LogP contribution in [0.15, 0.2) is 35.5 Å². The molecule has 0 amide bonds. The van der Waals surface area contributed by atoms with Crippen LogP contribution in [0.3, 0.4) is 0 Å². The average Bonchev–Trinajstić information content (AvgIpc) is 3.15. The second-order valence-corrected chi connectivity index (χ2v) is 5.86. The van der Waals surface area contributed by atoms with Crippen molar-refractivity contribution in [2.45, 2.75) is 17.8 Å². The number of para-hydroxylation sites is 1. The van der Waals surface area contributed by atoms with Gasteiger partial charge in [0.1, 0.15) is 5.01 Å². The maximum Gasteiger partial charge on any atom is 0.294 e. The van der Waals surface area contributed by atoms with Crippen LogP contribution in [-0.4, -0.2) is 37.0 Å². The third kappa shape index (κ3) is 3.37. The van der Waals surface area contributed by atoms with E-state index in [9.17, 15) is 0 Å². The van der Waals surface area contributed by atoms with Crippen LogP contribution in [0.5, 0.6) is 5.19 Å². The number of hydrogen-bond acceptors (Lipinski definition) is 8. The molecule has 0 aliphatic rings. The van der Waals surface area contributed by atoms with Crippen molar-refractivity contribution in [2.24, 2.45) is 0 Å². The van der Waals surface area contributed by atoms with Gasteiger partial charge in [0.05, 0.1) is 18.0 Å². The van der Waals surface area contributed by atoms with E-state index in [0.29, 0.717) is 22.7 Å².